The Morgan fingerprint density at radius 2 is 2.14 bits per heavy atom. The summed E-state index contributed by atoms with van der Waals surface area (Å²) in [6, 6.07) is 7.93. The summed E-state index contributed by atoms with van der Waals surface area (Å²) in [5.41, 5.74) is 2.07. The normalized spacial score (nSPS) is 22.5. The van der Waals surface area contributed by atoms with Crippen molar-refractivity contribution in [2.24, 2.45) is 5.14 Å². The number of rotatable bonds is 0. The molecule has 1 unspecified atom stereocenters. The van der Waals surface area contributed by atoms with Crippen LogP contribution in [-0.2, 0) is 11.3 Å². The largest absolute Gasteiger partial charge is 0.450 e. The van der Waals surface area contributed by atoms with Gasteiger partial charge in [0.25, 0.3) is 0 Å². The lowest BCUT2D eigenvalue weighted by atomic mass is 10.1. The lowest BCUT2D eigenvalue weighted by Gasteiger charge is -2.13. The van der Waals surface area contributed by atoms with Crippen molar-refractivity contribution < 1.29 is 4.74 Å². The summed E-state index contributed by atoms with van der Waals surface area (Å²) in [5, 5.41) is 7.65. The lowest BCUT2D eigenvalue weighted by Crippen LogP contribution is -2.23. The third-order valence-corrected chi connectivity index (χ3v) is 3.09. The summed E-state index contributed by atoms with van der Waals surface area (Å²) in [5.74, 6) is 1.73. The molecule has 1 aromatic carbocycles. The van der Waals surface area contributed by atoms with Crippen LogP contribution in [0.4, 0.5) is 0 Å². The summed E-state index contributed by atoms with van der Waals surface area (Å²) in [4.78, 5) is 0. The monoisotopic (exact) mass is 205 g/mol. The zero-order chi connectivity index (χ0) is 9.54. The van der Waals surface area contributed by atoms with E-state index in [0.29, 0.717) is 0 Å². The van der Waals surface area contributed by atoms with E-state index in [4.69, 9.17) is 9.88 Å². The second-order valence-electron chi connectivity index (χ2n) is 3.15. The molecule has 2 heterocycles. The first-order valence-corrected chi connectivity index (χ1v) is 5.63. The van der Waals surface area contributed by atoms with Crippen LogP contribution in [0, 0.1) is 0 Å². The van der Waals surface area contributed by atoms with Gasteiger partial charge in [-0.15, -0.1) is 5.14 Å². The Balaban J connectivity index is 2.12. The highest BCUT2D eigenvalue weighted by atomic mass is 32.2. The van der Waals surface area contributed by atoms with E-state index < -0.39 is 0 Å². The first-order valence-electron chi connectivity index (χ1n) is 4.28. The molecule has 2 aliphatic heterocycles. The number of fused-ring (bicyclic) bond motifs is 2. The molecular formula is C10H9N2OS+. The van der Waals surface area contributed by atoms with Gasteiger partial charge in [-0.1, -0.05) is 18.2 Å². The summed E-state index contributed by atoms with van der Waals surface area (Å²) < 4.78 is 8.83. The van der Waals surface area contributed by atoms with E-state index in [0.717, 1.165) is 22.8 Å². The fourth-order valence-corrected chi connectivity index (χ4v) is 2.41. The molecule has 0 bridgehead atoms. The van der Waals surface area contributed by atoms with E-state index in [9.17, 15) is 0 Å². The molecule has 0 amide bonds. The smallest absolute Gasteiger partial charge is 0.223 e. The highest BCUT2D eigenvalue weighted by Gasteiger charge is 2.31. The van der Waals surface area contributed by atoms with Gasteiger partial charge in [0.1, 0.15) is 11.4 Å². The molecule has 3 rings (SSSR count). The van der Waals surface area contributed by atoms with Crippen molar-refractivity contribution in [2.75, 3.05) is 0 Å². The molecule has 4 heteroatoms. The average Bonchev–Trinajstić information content (AvgIpc) is 2.53. The average molecular weight is 205 g/mol. The molecule has 3 N–H and O–H groups in total. The van der Waals surface area contributed by atoms with Gasteiger partial charge in [-0.25, -0.2) is 0 Å². The molecule has 2 aliphatic rings. The Kier molecular flexibility index (Phi) is 1.59. The van der Waals surface area contributed by atoms with Crippen LogP contribution in [0.2, 0.25) is 0 Å². The number of ether oxygens (including phenoxy) is 1. The van der Waals surface area contributed by atoms with Crippen LogP contribution in [0.5, 0.6) is 5.75 Å². The minimum atomic E-state index is -0.386. The van der Waals surface area contributed by atoms with Gasteiger partial charge in [-0.05, 0) is 12.1 Å². The predicted octanol–water partition coefficient (Wildman–Crippen LogP) is 1.27. The Labute approximate surface area is 84.9 Å². The molecule has 0 radical (unpaired) electrons. The van der Waals surface area contributed by atoms with Crippen LogP contribution in [0.1, 0.15) is 5.56 Å². The second kappa shape index (κ2) is 2.80. The summed E-state index contributed by atoms with van der Waals surface area (Å²) in [7, 11) is 0. The van der Waals surface area contributed by atoms with Gasteiger partial charge in [0, 0.05) is 5.56 Å². The van der Waals surface area contributed by atoms with Crippen molar-refractivity contribution in [3.63, 3.8) is 0 Å². The predicted molar refractivity (Wildman–Crippen MR) is 57.8 cm³/mol. The number of nitrogens with one attached hydrogen (secondary N) is 1. The Morgan fingerprint density at radius 1 is 1.29 bits per heavy atom. The van der Waals surface area contributed by atoms with Gasteiger partial charge in [0.2, 0.25) is 22.4 Å². The SMILES string of the molecule is N[S+]1C=C2Oc3ccccc3C=C2N1. The zero-order valence-corrected chi connectivity index (χ0v) is 8.17. The molecule has 1 aromatic rings. The van der Waals surface area contributed by atoms with Crippen LogP contribution in [0.15, 0.2) is 41.1 Å². The number of benzene rings is 1. The van der Waals surface area contributed by atoms with Crippen LogP contribution in [0.3, 0.4) is 0 Å². The van der Waals surface area contributed by atoms with Gasteiger partial charge < -0.3 is 4.74 Å². The van der Waals surface area contributed by atoms with Gasteiger partial charge in [-0.3, -0.25) is 0 Å². The maximum Gasteiger partial charge on any atom is 0.223 e. The molecule has 0 fully saturated rings. The second-order valence-corrected chi connectivity index (χ2v) is 4.34. The maximum absolute atomic E-state index is 5.75. The topological polar surface area (TPSA) is 47.3 Å². The molecule has 0 aliphatic carbocycles. The molecule has 0 saturated carbocycles. The first kappa shape index (κ1) is 7.96. The van der Waals surface area contributed by atoms with E-state index >= 15 is 0 Å². The number of para-hydroxylation sites is 1. The van der Waals surface area contributed by atoms with E-state index in [1.807, 2.05) is 29.7 Å². The van der Waals surface area contributed by atoms with Crippen molar-refractivity contribution in [3.8, 4) is 5.75 Å². The number of hydrogen-bond acceptors (Lipinski definition) is 3. The first-order chi connectivity index (χ1) is 6.83. The van der Waals surface area contributed by atoms with E-state index in [2.05, 4.69) is 10.8 Å². The number of hydrogen-bond donors (Lipinski definition) is 2. The van der Waals surface area contributed by atoms with Gasteiger partial charge in [-0.2, -0.15) is 4.72 Å². The fraction of sp³-hybridized carbons (Fsp3) is 0. The highest BCUT2D eigenvalue weighted by molar-refractivity contribution is 7.96. The van der Waals surface area contributed by atoms with Crippen molar-refractivity contribution in [3.05, 3.63) is 46.7 Å². The Bertz CT molecular complexity index is 453. The zero-order valence-electron chi connectivity index (χ0n) is 7.36. The van der Waals surface area contributed by atoms with E-state index in [-0.39, 0.29) is 11.3 Å². The third kappa shape index (κ3) is 1.12. The van der Waals surface area contributed by atoms with Crippen molar-refractivity contribution in [2.45, 2.75) is 0 Å². The van der Waals surface area contributed by atoms with Gasteiger partial charge in [0.15, 0.2) is 0 Å². The van der Waals surface area contributed by atoms with Crippen molar-refractivity contribution in [1.29, 1.82) is 0 Å². The van der Waals surface area contributed by atoms with Gasteiger partial charge >= 0.3 is 0 Å². The van der Waals surface area contributed by atoms with Crippen LogP contribution >= 0.6 is 0 Å². The van der Waals surface area contributed by atoms with Crippen molar-refractivity contribution in [1.82, 2.24) is 4.72 Å². The van der Waals surface area contributed by atoms with Crippen LogP contribution in [-0.4, -0.2) is 0 Å². The molecule has 1 atom stereocenters. The molecule has 70 valence electrons. The highest BCUT2D eigenvalue weighted by Crippen LogP contribution is 2.32. The summed E-state index contributed by atoms with van der Waals surface area (Å²) >= 11 is -0.386. The molecule has 14 heavy (non-hydrogen) atoms. The summed E-state index contributed by atoms with van der Waals surface area (Å²) in [6.07, 6.45) is 2.06. The van der Waals surface area contributed by atoms with E-state index in [1.54, 1.807) is 0 Å². The minimum Gasteiger partial charge on any atom is -0.450 e. The van der Waals surface area contributed by atoms with Crippen molar-refractivity contribution >= 4 is 17.3 Å². The maximum atomic E-state index is 5.75. The van der Waals surface area contributed by atoms with Crippen LogP contribution in [0.25, 0.3) is 6.08 Å². The fourth-order valence-electron chi connectivity index (χ4n) is 1.53. The van der Waals surface area contributed by atoms with E-state index in [1.165, 1.54) is 0 Å². The Hall–Kier alpha value is -1.39. The lowest BCUT2D eigenvalue weighted by molar-refractivity contribution is 0.431. The van der Waals surface area contributed by atoms with Crippen LogP contribution < -0.4 is 14.6 Å². The molecule has 3 nitrogen and oxygen atoms in total. The standard InChI is InChI=1S/C10H8N2OS/c11-14-6-10-8(12-14)5-7-3-1-2-4-9(7)13-10/h1-6H,(H2,11,12)/p+1. The quantitative estimate of drug-likeness (QED) is 0.627. The summed E-state index contributed by atoms with van der Waals surface area (Å²) in [6.45, 7) is 0. The molecule has 0 saturated heterocycles. The molecule has 0 aromatic heterocycles. The van der Waals surface area contributed by atoms with Gasteiger partial charge in [0.05, 0.1) is 0 Å². The Morgan fingerprint density at radius 3 is 3.07 bits per heavy atom. The molecule has 0 spiro atoms. The minimum absolute atomic E-state index is 0.386. The third-order valence-electron chi connectivity index (χ3n) is 2.17. The molecular weight excluding hydrogens is 196 g/mol. The number of nitrogens with two attached hydrogens (primary N) is 1.